The van der Waals surface area contributed by atoms with Crippen LogP contribution in [0.25, 0.3) is 0 Å². The summed E-state index contributed by atoms with van der Waals surface area (Å²) in [5.74, 6) is -1.47. The van der Waals surface area contributed by atoms with E-state index in [4.69, 9.17) is 5.11 Å². The molecule has 112 valence electrons. The van der Waals surface area contributed by atoms with Gasteiger partial charge in [-0.3, -0.25) is 0 Å². The van der Waals surface area contributed by atoms with Gasteiger partial charge in [-0.25, -0.2) is 21.6 Å². The second kappa shape index (κ2) is 5.77. The Morgan fingerprint density at radius 3 is 2.05 bits per heavy atom. The topological polar surface area (TPSA) is 121 Å². The van der Waals surface area contributed by atoms with E-state index < -0.39 is 26.0 Å². The summed E-state index contributed by atoms with van der Waals surface area (Å²) < 4.78 is 46.7. The van der Waals surface area contributed by atoms with Gasteiger partial charge in [0, 0.05) is 0 Å². The second-order valence-electron chi connectivity index (χ2n) is 3.87. The van der Waals surface area contributed by atoms with Gasteiger partial charge in [-0.2, -0.15) is 4.41 Å². The van der Waals surface area contributed by atoms with Crippen molar-refractivity contribution in [2.75, 3.05) is 16.4 Å². The fourth-order valence-electron chi connectivity index (χ4n) is 1.24. The molecule has 0 saturated carbocycles. The Morgan fingerprint density at radius 1 is 1.20 bits per heavy atom. The van der Waals surface area contributed by atoms with E-state index in [0.717, 1.165) is 6.26 Å². The Hall–Kier alpha value is -1.65. The van der Waals surface area contributed by atoms with Crippen molar-refractivity contribution in [1.29, 1.82) is 0 Å². The lowest BCUT2D eigenvalue weighted by molar-refractivity contribution is 0.0697. The molecule has 0 spiro atoms. The fraction of sp³-hybridized carbons (Fsp3) is 0.300. The maximum absolute atomic E-state index is 11.6. The van der Waals surface area contributed by atoms with E-state index in [1.807, 2.05) is 4.83 Å². The van der Waals surface area contributed by atoms with Crippen LogP contribution in [0, 0.1) is 0 Å². The van der Waals surface area contributed by atoms with Crippen LogP contribution in [0.15, 0.2) is 24.3 Å². The fourth-order valence-corrected chi connectivity index (χ4v) is 3.12. The van der Waals surface area contributed by atoms with Crippen molar-refractivity contribution < 1.29 is 26.7 Å². The zero-order chi connectivity index (χ0) is 15.6. The smallest absolute Gasteiger partial charge is 0.335 e. The lowest BCUT2D eigenvalue weighted by Gasteiger charge is -2.22. The van der Waals surface area contributed by atoms with Gasteiger partial charge in [0.05, 0.1) is 23.3 Å². The molecule has 0 saturated heterocycles. The van der Waals surface area contributed by atoms with Crippen LogP contribution in [0.5, 0.6) is 0 Å². The molecule has 0 unspecified atom stereocenters. The van der Waals surface area contributed by atoms with E-state index in [2.05, 4.69) is 0 Å². The van der Waals surface area contributed by atoms with E-state index >= 15 is 0 Å². The van der Waals surface area contributed by atoms with Crippen LogP contribution in [0.1, 0.15) is 17.3 Å². The molecule has 1 aromatic carbocycles. The second-order valence-corrected chi connectivity index (χ2v) is 7.69. The molecule has 1 aromatic rings. The number of benzene rings is 1. The first-order chi connectivity index (χ1) is 9.07. The number of carbonyl (C=O) groups is 1. The Kier molecular flexibility index (Phi) is 4.73. The van der Waals surface area contributed by atoms with Crippen molar-refractivity contribution in [3.8, 4) is 0 Å². The quantitative estimate of drug-likeness (QED) is 0.711. The van der Waals surface area contributed by atoms with Gasteiger partial charge in [-0.05, 0) is 31.2 Å². The zero-order valence-electron chi connectivity index (χ0n) is 10.8. The van der Waals surface area contributed by atoms with E-state index in [1.54, 1.807) is 0 Å². The summed E-state index contributed by atoms with van der Waals surface area (Å²) in [5, 5.41) is 8.76. The predicted molar refractivity (Wildman–Crippen MR) is 73.3 cm³/mol. The number of aromatic carboxylic acids is 1. The molecule has 8 nitrogen and oxygen atoms in total. The average molecular weight is 322 g/mol. The van der Waals surface area contributed by atoms with Crippen molar-refractivity contribution in [2.45, 2.75) is 6.92 Å². The highest BCUT2D eigenvalue weighted by molar-refractivity contribution is 7.94. The number of hydrogen-bond acceptors (Lipinski definition) is 5. The Labute approximate surface area is 117 Å². The molecular formula is C10H14N2O6S2. The number of hydrazine groups is 1. The number of rotatable bonds is 6. The molecule has 0 radical (unpaired) electrons. The maximum Gasteiger partial charge on any atom is 0.335 e. The monoisotopic (exact) mass is 322 g/mol. The summed E-state index contributed by atoms with van der Waals surface area (Å²) in [6.45, 7) is 1.36. The first-order valence-corrected chi connectivity index (χ1v) is 8.90. The molecule has 2 N–H and O–H groups in total. The average Bonchev–Trinajstić information content (AvgIpc) is 2.35. The molecule has 0 aliphatic carbocycles. The highest BCUT2D eigenvalue weighted by Gasteiger charge is 2.22. The summed E-state index contributed by atoms with van der Waals surface area (Å²) in [5.41, 5.74) is -0.0462. The Bertz CT molecular complexity index is 694. The summed E-state index contributed by atoms with van der Waals surface area (Å²) in [7, 11) is -7.69. The molecule has 0 fully saturated rings. The van der Waals surface area contributed by atoms with Gasteiger partial charge in [-0.1, -0.05) is 0 Å². The van der Waals surface area contributed by atoms with Crippen LogP contribution < -0.4 is 9.25 Å². The summed E-state index contributed by atoms with van der Waals surface area (Å²) in [6, 6.07) is 4.75. The van der Waals surface area contributed by atoms with Gasteiger partial charge in [0.25, 0.3) is 0 Å². The molecular weight excluding hydrogens is 308 g/mol. The van der Waals surface area contributed by atoms with Crippen molar-refractivity contribution in [1.82, 2.24) is 4.83 Å². The van der Waals surface area contributed by atoms with Crippen molar-refractivity contribution in [2.24, 2.45) is 0 Å². The highest BCUT2D eigenvalue weighted by atomic mass is 32.2. The van der Waals surface area contributed by atoms with Crippen molar-refractivity contribution in [3.05, 3.63) is 29.8 Å². The van der Waals surface area contributed by atoms with Crippen LogP contribution in [0.4, 0.5) is 5.69 Å². The predicted octanol–water partition coefficient (Wildman–Crippen LogP) is 0.00510. The van der Waals surface area contributed by atoms with Crippen LogP contribution in [0.3, 0.4) is 0 Å². The number of sulfonamides is 2. The molecule has 0 aliphatic heterocycles. The van der Waals surface area contributed by atoms with Gasteiger partial charge in [-0.15, -0.1) is 4.83 Å². The van der Waals surface area contributed by atoms with Gasteiger partial charge < -0.3 is 5.11 Å². The highest BCUT2D eigenvalue weighted by Crippen LogP contribution is 2.17. The van der Waals surface area contributed by atoms with E-state index in [-0.39, 0.29) is 17.0 Å². The zero-order valence-corrected chi connectivity index (χ0v) is 12.4. The van der Waals surface area contributed by atoms with Crippen molar-refractivity contribution >= 4 is 31.7 Å². The van der Waals surface area contributed by atoms with Gasteiger partial charge >= 0.3 is 5.97 Å². The first-order valence-electron chi connectivity index (χ1n) is 5.40. The molecule has 0 aliphatic rings. The molecule has 0 atom stereocenters. The molecule has 0 aromatic heterocycles. The number of hydrogen-bond donors (Lipinski definition) is 2. The molecule has 10 heteroatoms. The summed E-state index contributed by atoms with van der Waals surface area (Å²) in [6.07, 6.45) is 0.830. The molecule has 0 bridgehead atoms. The van der Waals surface area contributed by atoms with E-state index in [0.29, 0.717) is 4.41 Å². The van der Waals surface area contributed by atoms with Crippen LogP contribution in [0.2, 0.25) is 0 Å². The van der Waals surface area contributed by atoms with Crippen molar-refractivity contribution in [3.63, 3.8) is 0 Å². The number of anilines is 1. The number of nitrogens with zero attached hydrogens (tertiary/aromatic N) is 1. The summed E-state index contributed by atoms with van der Waals surface area (Å²) >= 11 is 0. The third-order valence-electron chi connectivity index (χ3n) is 2.28. The Balaban J connectivity index is 3.22. The lowest BCUT2D eigenvalue weighted by atomic mass is 10.2. The van der Waals surface area contributed by atoms with Gasteiger partial charge in [0.15, 0.2) is 0 Å². The van der Waals surface area contributed by atoms with E-state index in [1.165, 1.54) is 31.2 Å². The minimum Gasteiger partial charge on any atom is -0.478 e. The first kappa shape index (κ1) is 16.4. The lowest BCUT2D eigenvalue weighted by Crippen LogP contribution is -2.46. The van der Waals surface area contributed by atoms with Gasteiger partial charge in [0.2, 0.25) is 20.0 Å². The Morgan fingerprint density at radius 2 is 1.70 bits per heavy atom. The standard InChI is InChI=1S/C10H14N2O6S2/c1-3-20(17,18)11-12(19(2,15)16)9-6-4-8(5-7-9)10(13)14/h4-7,11H,3H2,1-2H3,(H,13,14). The minimum absolute atomic E-state index is 0.00507. The third-order valence-corrected chi connectivity index (χ3v) is 4.58. The van der Waals surface area contributed by atoms with Crippen LogP contribution in [-0.2, 0) is 20.0 Å². The maximum atomic E-state index is 11.6. The van der Waals surface area contributed by atoms with Crippen LogP contribution in [-0.4, -0.2) is 39.9 Å². The summed E-state index contributed by atoms with van der Waals surface area (Å²) in [4.78, 5) is 12.6. The minimum atomic E-state index is -3.90. The number of nitrogens with one attached hydrogen (secondary N) is 1. The molecule has 20 heavy (non-hydrogen) atoms. The number of carboxylic acid groups (broad SMARTS) is 1. The van der Waals surface area contributed by atoms with E-state index in [9.17, 15) is 21.6 Å². The van der Waals surface area contributed by atoms with Gasteiger partial charge in [0.1, 0.15) is 0 Å². The SMILES string of the molecule is CCS(=O)(=O)NN(c1ccc(C(=O)O)cc1)S(C)(=O)=O. The normalized spacial score (nSPS) is 12.1. The molecule has 0 amide bonds. The largest absolute Gasteiger partial charge is 0.478 e. The molecule has 1 rings (SSSR count). The number of carboxylic acids is 1. The third kappa shape index (κ3) is 4.18. The van der Waals surface area contributed by atoms with Crippen LogP contribution >= 0.6 is 0 Å². The molecule has 0 heterocycles.